The molecule has 13 heavy (non-hydrogen) atoms. The molecule has 0 aromatic heterocycles. The van der Waals surface area contributed by atoms with Gasteiger partial charge in [0.05, 0.1) is 0 Å². The second-order valence-electron chi connectivity index (χ2n) is 3.60. The van der Waals surface area contributed by atoms with Crippen molar-refractivity contribution in [3.05, 3.63) is 0 Å². The summed E-state index contributed by atoms with van der Waals surface area (Å²) in [7, 11) is 0. The molecule has 0 bridgehead atoms. The highest BCUT2D eigenvalue weighted by molar-refractivity contribution is 5.57. The fourth-order valence-electron chi connectivity index (χ4n) is 1.92. The smallest absolute Gasteiger partial charge is 0.450 e. The Labute approximate surface area is 78.1 Å². The van der Waals surface area contributed by atoms with Gasteiger partial charge in [0.15, 0.2) is 0 Å². The van der Waals surface area contributed by atoms with E-state index in [1.807, 2.05) is 0 Å². The molecule has 0 amide bonds. The van der Waals surface area contributed by atoms with Gasteiger partial charge in [-0.25, -0.2) is 4.79 Å². The van der Waals surface area contributed by atoms with E-state index in [1.165, 1.54) is 0 Å². The number of hydrogen-bond donors (Lipinski definition) is 2. The van der Waals surface area contributed by atoms with Crippen LogP contribution in [0.1, 0.15) is 32.1 Å². The fraction of sp³-hybridized carbons (Fsp3) is 0.889. The summed E-state index contributed by atoms with van der Waals surface area (Å²) in [5, 5.41) is 8.39. The van der Waals surface area contributed by atoms with Gasteiger partial charge in [0, 0.05) is 0 Å². The van der Waals surface area contributed by atoms with Gasteiger partial charge in [0.25, 0.3) is 0 Å². The standard InChI is InChI=1S/C9H17NO3/c10-6-5-7-1-3-8(4-2-7)13-9(11)12/h7-8H,1-6,10H2,(H,11,12). The van der Waals surface area contributed by atoms with Crippen LogP contribution in [0.4, 0.5) is 4.79 Å². The monoisotopic (exact) mass is 187 g/mol. The normalized spacial score (nSPS) is 28.4. The van der Waals surface area contributed by atoms with Crippen molar-refractivity contribution in [2.45, 2.75) is 38.2 Å². The number of ether oxygens (including phenoxy) is 1. The number of rotatable bonds is 3. The Morgan fingerprint density at radius 1 is 1.38 bits per heavy atom. The Morgan fingerprint density at radius 3 is 2.46 bits per heavy atom. The molecule has 1 rings (SSSR count). The SMILES string of the molecule is NCCC1CCC(OC(=O)O)CC1. The molecule has 1 aliphatic carbocycles. The molecule has 4 heteroatoms. The lowest BCUT2D eigenvalue weighted by molar-refractivity contribution is 0.0279. The average molecular weight is 187 g/mol. The molecular weight excluding hydrogens is 170 g/mol. The molecule has 1 aliphatic rings. The fourth-order valence-corrected chi connectivity index (χ4v) is 1.92. The van der Waals surface area contributed by atoms with Crippen molar-refractivity contribution in [3.8, 4) is 0 Å². The molecule has 76 valence electrons. The first-order chi connectivity index (χ1) is 6.22. The molecule has 0 radical (unpaired) electrons. The quantitative estimate of drug-likeness (QED) is 0.658. The van der Waals surface area contributed by atoms with Gasteiger partial charge in [-0.2, -0.15) is 0 Å². The molecular formula is C9H17NO3. The van der Waals surface area contributed by atoms with Crippen molar-refractivity contribution < 1.29 is 14.6 Å². The van der Waals surface area contributed by atoms with Gasteiger partial charge in [-0.15, -0.1) is 0 Å². The second-order valence-corrected chi connectivity index (χ2v) is 3.60. The third-order valence-electron chi connectivity index (χ3n) is 2.64. The van der Waals surface area contributed by atoms with E-state index in [4.69, 9.17) is 15.6 Å². The van der Waals surface area contributed by atoms with E-state index in [0.717, 1.165) is 38.6 Å². The van der Waals surface area contributed by atoms with E-state index in [-0.39, 0.29) is 6.10 Å². The van der Waals surface area contributed by atoms with E-state index in [2.05, 4.69) is 0 Å². The summed E-state index contributed by atoms with van der Waals surface area (Å²) in [6, 6.07) is 0. The van der Waals surface area contributed by atoms with Gasteiger partial charge >= 0.3 is 6.16 Å². The highest BCUT2D eigenvalue weighted by atomic mass is 16.7. The summed E-state index contributed by atoms with van der Waals surface area (Å²) < 4.78 is 4.70. The lowest BCUT2D eigenvalue weighted by Crippen LogP contribution is -2.24. The largest absolute Gasteiger partial charge is 0.506 e. The maximum Gasteiger partial charge on any atom is 0.506 e. The van der Waals surface area contributed by atoms with Crippen LogP contribution in [0.15, 0.2) is 0 Å². The Bertz CT molecular complexity index is 164. The number of carboxylic acid groups (broad SMARTS) is 1. The predicted molar refractivity (Wildman–Crippen MR) is 48.5 cm³/mol. The molecule has 1 saturated carbocycles. The maximum atomic E-state index is 10.2. The minimum Gasteiger partial charge on any atom is -0.450 e. The Balaban J connectivity index is 2.18. The lowest BCUT2D eigenvalue weighted by atomic mass is 9.85. The van der Waals surface area contributed by atoms with Crippen LogP contribution in [0.2, 0.25) is 0 Å². The van der Waals surface area contributed by atoms with Crippen molar-refractivity contribution in [3.63, 3.8) is 0 Å². The van der Waals surface area contributed by atoms with Crippen LogP contribution in [0.25, 0.3) is 0 Å². The van der Waals surface area contributed by atoms with Crippen molar-refractivity contribution in [1.29, 1.82) is 0 Å². The summed E-state index contributed by atoms with van der Waals surface area (Å²) in [4.78, 5) is 10.2. The highest BCUT2D eigenvalue weighted by Gasteiger charge is 2.22. The van der Waals surface area contributed by atoms with E-state index in [9.17, 15) is 4.79 Å². The summed E-state index contributed by atoms with van der Waals surface area (Å²) in [6.45, 7) is 0.731. The van der Waals surface area contributed by atoms with Crippen LogP contribution in [0.3, 0.4) is 0 Å². The third-order valence-corrected chi connectivity index (χ3v) is 2.64. The molecule has 0 aromatic rings. The van der Waals surface area contributed by atoms with Crippen LogP contribution in [0, 0.1) is 5.92 Å². The van der Waals surface area contributed by atoms with Crippen molar-refractivity contribution in [2.75, 3.05) is 6.54 Å². The number of nitrogens with two attached hydrogens (primary N) is 1. The van der Waals surface area contributed by atoms with Crippen LogP contribution in [0.5, 0.6) is 0 Å². The summed E-state index contributed by atoms with van der Waals surface area (Å²) in [5.41, 5.74) is 5.45. The lowest BCUT2D eigenvalue weighted by Gasteiger charge is -2.26. The first-order valence-electron chi connectivity index (χ1n) is 4.82. The molecule has 0 saturated heterocycles. The Hall–Kier alpha value is -0.770. The molecule has 3 N–H and O–H groups in total. The zero-order valence-electron chi connectivity index (χ0n) is 7.74. The third kappa shape index (κ3) is 3.63. The maximum absolute atomic E-state index is 10.2. The number of hydrogen-bond acceptors (Lipinski definition) is 3. The average Bonchev–Trinajstić information content (AvgIpc) is 2.08. The molecule has 1 fully saturated rings. The summed E-state index contributed by atoms with van der Waals surface area (Å²) >= 11 is 0. The molecule has 0 aliphatic heterocycles. The zero-order chi connectivity index (χ0) is 9.68. The number of carbonyl (C=O) groups is 1. The Kier molecular flexibility index (Phi) is 4.02. The van der Waals surface area contributed by atoms with Gasteiger partial charge in [0.2, 0.25) is 0 Å². The van der Waals surface area contributed by atoms with Gasteiger partial charge in [-0.05, 0) is 44.6 Å². The van der Waals surface area contributed by atoms with E-state index in [1.54, 1.807) is 0 Å². The minimum atomic E-state index is -1.15. The van der Waals surface area contributed by atoms with Gasteiger partial charge in [-0.1, -0.05) is 0 Å². The first kappa shape index (κ1) is 10.3. The van der Waals surface area contributed by atoms with Gasteiger partial charge in [0.1, 0.15) is 6.10 Å². The van der Waals surface area contributed by atoms with E-state index in [0.29, 0.717) is 5.92 Å². The molecule has 4 nitrogen and oxygen atoms in total. The molecule has 0 atom stereocenters. The molecule has 0 aromatic carbocycles. The van der Waals surface area contributed by atoms with Crippen LogP contribution in [-0.4, -0.2) is 23.9 Å². The summed E-state index contributed by atoms with van der Waals surface area (Å²) in [5.74, 6) is 0.679. The topological polar surface area (TPSA) is 72.5 Å². The van der Waals surface area contributed by atoms with Gasteiger partial charge < -0.3 is 15.6 Å². The second kappa shape index (κ2) is 5.07. The van der Waals surface area contributed by atoms with Crippen LogP contribution in [-0.2, 0) is 4.74 Å². The van der Waals surface area contributed by atoms with Gasteiger partial charge in [-0.3, -0.25) is 0 Å². The van der Waals surface area contributed by atoms with Crippen LogP contribution < -0.4 is 5.73 Å². The zero-order valence-corrected chi connectivity index (χ0v) is 7.74. The van der Waals surface area contributed by atoms with Crippen molar-refractivity contribution >= 4 is 6.16 Å². The van der Waals surface area contributed by atoms with E-state index < -0.39 is 6.16 Å². The highest BCUT2D eigenvalue weighted by Crippen LogP contribution is 2.27. The summed E-state index contributed by atoms with van der Waals surface area (Å²) in [6.07, 6.45) is 3.65. The molecule has 0 spiro atoms. The van der Waals surface area contributed by atoms with Crippen LogP contribution >= 0.6 is 0 Å². The van der Waals surface area contributed by atoms with E-state index >= 15 is 0 Å². The van der Waals surface area contributed by atoms with Crippen molar-refractivity contribution in [1.82, 2.24) is 0 Å². The predicted octanol–water partition coefficient (Wildman–Crippen LogP) is 1.59. The first-order valence-corrected chi connectivity index (χ1v) is 4.82. The molecule has 0 heterocycles. The molecule has 0 unspecified atom stereocenters. The minimum absolute atomic E-state index is 0.0773. The Morgan fingerprint density at radius 2 is 2.00 bits per heavy atom. The van der Waals surface area contributed by atoms with Crippen molar-refractivity contribution in [2.24, 2.45) is 11.7 Å².